The molecule has 0 aliphatic carbocycles. The highest BCUT2D eigenvalue weighted by atomic mass is 15.0. The van der Waals surface area contributed by atoms with E-state index in [1.807, 2.05) is 6.92 Å². The van der Waals surface area contributed by atoms with Crippen molar-refractivity contribution in [1.29, 1.82) is 0 Å². The zero-order valence-corrected chi connectivity index (χ0v) is 7.68. The molecule has 5 heteroatoms. The number of aryl methyl sites for hydroxylation is 1. The van der Waals surface area contributed by atoms with Crippen molar-refractivity contribution in [2.24, 2.45) is 0 Å². The second kappa shape index (κ2) is 3.37. The fourth-order valence-electron chi connectivity index (χ4n) is 1.14. The van der Waals surface area contributed by atoms with Crippen molar-refractivity contribution < 1.29 is 0 Å². The van der Waals surface area contributed by atoms with Crippen LogP contribution in [0.1, 0.15) is 5.69 Å². The first kappa shape index (κ1) is 8.55. The van der Waals surface area contributed by atoms with Crippen LogP contribution >= 0.6 is 0 Å². The van der Waals surface area contributed by atoms with E-state index in [-0.39, 0.29) is 0 Å². The highest BCUT2D eigenvalue weighted by molar-refractivity contribution is 5.54. The lowest BCUT2D eigenvalue weighted by Gasteiger charge is -2.01. The maximum absolute atomic E-state index is 5.60. The van der Waals surface area contributed by atoms with Gasteiger partial charge in [-0.25, -0.2) is 19.9 Å². The van der Waals surface area contributed by atoms with Gasteiger partial charge in [-0.1, -0.05) is 0 Å². The van der Waals surface area contributed by atoms with Crippen LogP contribution in [-0.4, -0.2) is 19.9 Å². The summed E-state index contributed by atoms with van der Waals surface area (Å²) in [4.78, 5) is 16.1. The molecule has 0 saturated heterocycles. The van der Waals surface area contributed by atoms with Crippen LogP contribution in [-0.2, 0) is 0 Å². The summed E-state index contributed by atoms with van der Waals surface area (Å²) in [5, 5.41) is 0. The van der Waals surface area contributed by atoms with Gasteiger partial charge in [0, 0.05) is 24.2 Å². The summed E-state index contributed by atoms with van der Waals surface area (Å²) < 4.78 is 0. The molecule has 0 fully saturated rings. The smallest absolute Gasteiger partial charge is 0.164 e. The summed E-state index contributed by atoms with van der Waals surface area (Å²) in [5.41, 5.74) is 7.20. The molecule has 2 N–H and O–H groups in total. The van der Waals surface area contributed by atoms with Crippen LogP contribution in [0.15, 0.2) is 24.8 Å². The third kappa shape index (κ3) is 1.66. The molecule has 0 atom stereocenters. The zero-order valence-electron chi connectivity index (χ0n) is 7.68. The molecule has 2 aromatic heterocycles. The Kier molecular flexibility index (Phi) is 2.06. The SMILES string of the molecule is Cc1cc(N)nc(-c2cncnc2)n1. The van der Waals surface area contributed by atoms with Gasteiger partial charge in [-0.3, -0.25) is 0 Å². The van der Waals surface area contributed by atoms with E-state index in [0.29, 0.717) is 11.6 Å². The van der Waals surface area contributed by atoms with Crippen LogP contribution in [0.2, 0.25) is 0 Å². The van der Waals surface area contributed by atoms with Crippen molar-refractivity contribution in [2.45, 2.75) is 6.92 Å². The maximum atomic E-state index is 5.60. The quantitative estimate of drug-likeness (QED) is 0.715. The summed E-state index contributed by atoms with van der Waals surface area (Å²) in [5.74, 6) is 1.01. The van der Waals surface area contributed by atoms with E-state index in [0.717, 1.165) is 11.3 Å². The van der Waals surface area contributed by atoms with Crippen molar-refractivity contribution in [3.05, 3.63) is 30.5 Å². The Balaban J connectivity index is 2.52. The molecule has 2 rings (SSSR count). The molecular weight excluding hydrogens is 178 g/mol. The predicted octanol–water partition coefficient (Wildman–Crippen LogP) is 0.824. The Morgan fingerprint density at radius 1 is 1.14 bits per heavy atom. The third-order valence-corrected chi connectivity index (χ3v) is 1.69. The zero-order chi connectivity index (χ0) is 9.97. The minimum absolute atomic E-state index is 0.455. The number of rotatable bonds is 1. The van der Waals surface area contributed by atoms with Crippen molar-refractivity contribution in [3.63, 3.8) is 0 Å². The third-order valence-electron chi connectivity index (χ3n) is 1.69. The van der Waals surface area contributed by atoms with Gasteiger partial charge in [0.1, 0.15) is 12.1 Å². The molecule has 0 aliphatic heterocycles. The summed E-state index contributed by atoms with van der Waals surface area (Å²) in [6.07, 6.45) is 4.77. The highest BCUT2D eigenvalue weighted by Gasteiger charge is 2.02. The molecule has 0 amide bonds. The van der Waals surface area contributed by atoms with Crippen LogP contribution in [0.25, 0.3) is 11.4 Å². The molecule has 0 aromatic carbocycles. The lowest BCUT2D eigenvalue weighted by molar-refractivity contribution is 1.09. The monoisotopic (exact) mass is 187 g/mol. The van der Waals surface area contributed by atoms with Gasteiger partial charge in [-0.05, 0) is 6.92 Å². The summed E-state index contributed by atoms with van der Waals surface area (Å²) in [7, 11) is 0. The van der Waals surface area contributed by atoms with Gasteiger partial charge in [0.25, 0.3) is 0 Å². The molecule has 0 saturated carbocycles. The molecule has 70 valence electrons. The minimum atomic E-state index is 0.455. The predicted molar refractivity (Wildman–Crippen MR) is 52.2 cm³/mol. The number of anilines is 1. The van der Waals surface area contributed by atoms with Crippen molar-refractivity contribution >= 4 is 5.82 Å². The maximum Gasteiger partial charge on any atom is 0.164 e. The lowest BCUT2D eigenvalue weighted by Crippen LogP contribution is -1.97. The van der Waals surface area contributed by atoms with Gasteiger partial charge in [0.2, 0.25) is 0 Å². The second-order valence-corrected chi connectivity index (χ2v) is 2.88. The molecule has 2 aromatic rings. The highest BCUT2D eigenvalue weighted by Crippen LogP contribution is 2.13. The average Bonchev–Trinajstić information content (AvgIpc) is 2.18. The van der Waals surface area contributed by atoms with E-state index in [1.165, 1.54) is 6.33 Å². The number of nitrogens with two attached hydrogens (primary N) is 1. The van der Waals surface area contributed by atoms with Gasteiger partial charge in [0.15, 0.2) is 5.82 Å². The van der Waals surface area contributed by atoms with E-state index in [1.54, 1.807) is 18.5 Å². The number of hydrogen-bond acceptors (Lipinski definition) is 5. The van der Waals surface area contributed by atoms with Crippen LogP contribution in [0.4, 0.5) is 5.82 Å². The Morgan fingerprint density at radius 2 is 1.86 bits per heavy atom. The van der Waals surface area contributed by atoms with Crippen molar-refractivity contribution in [1.82, 2.24) is 19.9 Å². The number of hydrogen-bond donors (Lipinski definition) is 1. The molecular formula is C9H9N5. The summed E-state index contributed by atoms with van der Waals surface area (Å²) in [6, 6.07) is 1.72. The molecule has 5 nitrogen and oxygen atoms in total. The molecule has 0 bridgehead atoms. The number of nitrogens with zero attached hydrogens (tertiary/aromatic N) is 4. The van der Waals surface area contributed by atoms with E-state index in [4.69, 9.17) is 5.73 Å². The van der Waals surface area contributed by atoms with Gasteiger partial charge in [-0.15, -0.1) is 0 Å². The second-order valence-electron chi connectivity index (χ2n) is 2.88. The first-order valence-corrected chi connectivity index (χ1v) is 4.12. The first-order valence-electron chi connectivity index (χ1n) is 4.12. The van der Waals surface area contributed by atoms with Crippen molar-refractivity contribution in [2.75, 3.05) is 5.73 Å². The molecule has 0 spiro atoms. The van der Waals surface area contributed by atoms with E-state index < -0.39 is 0 Å². The first-order chi connectivity index (χ1) is 6.75. The van der Waals surface area contributed by atoms with E-state index >= 15 is 0 Å². The van der Waals surface area contributed by atoms with Crippen LogP contribution < -0.4 is 5.73 Å². The Labute approximate surface area is 81.1 Å². The Morgan fingerprint density at radius 3 is 2.50 bits per heavy atom. The van der Waals surface area contributed by atoms with Gasteiger partial charge in [0.05, 0.1) is 5.56 Å². The fourth-order valence-corrected chi connectivity index (χ4v) is 1.14. The average molecular weight is 187 g/mol. The Hall–Kier alpha value is -2.04. The summed E-state index contributed by atoms with van der Waals surface area (Å²) in [6.45, 7) is 1.87. The molecule has 14 heavy (non-hydrogen) atoms. The van der Waals surface area contributed by atoms with E-state index in [9.17, 15) is 0 Å². The van der Waals surface area contributed by atoms with Gasteiger partial charge in [-0.2, -0.15) is 0 Å². The fraction of sp³-hybridized carbons (Fsp3) is 0.111. The number of aromatic nitrogens is 4. The van der Waals surface area contributed by atoms with Crippen molar-refractivity contribution in [3.8, 4) is 11.4 Å². The van der Waals surface area contributed by atoms with E-state index in [2.05, 4.69) is 19.9 Å². The molecule has 0 radical (unpaired) electrons. The molecule has 2 heterocycles. The summed E-state index contributed by atoms with van der Waals surface area (Å²) >= 11 is 0. The topological polar surface area (TPSA) is 77.6 Å². The normalized spacial score (nSPS) is 10.1. The van der Waals surface area contributed by atoms with Crippen LogP contribution in [0.5, 0.6) is 0 Å². The lowest BCUT2D eigenvalue weighted by atomic mass is 10.3. The van der Waals surface area contributed by atoms with Gasteiger partial charge < -0.3 is 5.73 Å². The van der Waals surface area contributed by atoms with Crippen LogP contribution in [0, 0.1) is 6.92 Å². The minimum Gasteiger partial charge on any atom is -0.384 e. The molecule has 0 unspecified atom stereocenters. The van der Waals surface area contributed by atoms with Gasteiger partial charge >= 0.3 is 0 Å². The van der Waals surface area contributed by atoms with Crippen LogP contribution in [0.3, 0.4) is 0 Å². The largest absolute Gasteiger partial charge is 0.384 e. The number of nitrogen functional groups attached to an aromatic ring is 1. The molecule has 0 aliphatic rings. The standard InChI is InChI=1S/C9H9N5/c1-6-2-8(10)14-9(13-6)7-3-11-5-12-4-7/h2-5H,1H3,(H2,10,13,14). The Bertz CT molecular complexity index is 420.